The van der Waals surface area contributed by atoms with Crippen LogP contribution < -0.4 is 0 Å². The molecule has 0 aromatic heterocycles. The van der Waals surface area contributed by atoms with Crippen molar-refractivity contribution < 1.29 is 13.9 Å². The molecule has 1 rings (SSSR count). The van der Waals surface area contributed by atoms with Gasteiger partial charge in [0, 0.05) is 0 Å². The van der Waals surface area contributed by atoms with Crippen LogP contribution in [0.3, 0.4) is 0 Å². The minimum Gasteiger partial charge on any atom is -0.389 e. The molecule has 0 saturated heterocycles. The Morgan fingerprint density at radius 2 is 1.92 bits per heavy atom. The van der Waals surface area contributed by atoms with Crippen LogP contribution in [0.25, 0.3) is 0 Å². The van der Waals surface area contributed by atoms with Gasteiger partial charge in [-0.05, 0) is 30.2 Å². The molecule has 0 amide bonds. The van der Waals surface area contributed by atoms with E-state index in [9.17, 15) is 8.78 Å². The highest BCUT2D eigenvalue weighted by molar-refractivity contribution is 5.19. The summed E-state index contributed by atoms with van der Waals surface area (Å²) < 4.78 is 24.9. The minimum atomic E-state index is -0.582. The van der Waals surface area contributed by atoms with Crippen LogP contribution in [0, 0.1) is 5.82 Å². The van der Waals surface area contributed by atoms with Gasteiger partial charge in [-0.1, -0.05) is 12.1 Å². The van der Waals surface area contributed by atoms with E-state index in [1.807, 2.05) is 0 Å². The molecule has 0 aliphatic heterocycles. The Morgan fingerprint density at radius 3 is 2.46 bits per heavy atom. The first kappa shape index (κ1) is 9.86. The van der Waals surface area contributed by atoms with Crippen LogP contribution in [0.15, 0.2) is 36.2 Å². The number of aliphatic hydroxyl groups excluding tert-OH is 1. The van der Waals surface area contributed by atoms with Crippen molar-refractivity contribution in [2.45, 2.75) is 6.42 Å². The summed E-state index contributed by atoms with van der Waals surface area (Å²) in [5.74, 6) is -0.875. The summed E-state index contributed by atoms with van der Waals surface area (Å²) in [6.07, 6.45) is 1.64. The van der Waals surface area contributed by atoms with Crippen molar-refractivity contribution in [2.75, 3.05) is 6.61 Å². The van der Waals surface area contributed by atoms with Gasteiger partial charge in [-0.15, -0.1) is 0 Å². The maximum absolute atomic E-state index is 12.4. The molecule has 70 valence electrons. The fourth-order valence-electron chi connectivity index (χ4n) is 0.914. The lowest BCUT2D eigenvalue weighted by atomic mass is 10.1. The van der Waals surface area contributed by atoms with Crippen LogP contribution in [-0.4, -0.2) is 11.7 Å². The van der Waals surface area contributed by atoms with Gasteiger partial charge in [0.1, 0.15) is 11.6 Å². The fraction of sp³-hybridized carbons (Fsp3) is 0.200. The molecule has 1 nitrogen and oxygen atoms in total. The quantitative estimate of drug-likeness (QED) is 0.763. The molecule has 1 aromatic carbocycles. The lowest BCUT2D eigenvalue weighted by Crippen LogP contribution is -1.86. The van der Waals surface area contributed by atoms with Crippen molar-refractivity contribution in [2.24, 2.45) is 0 Å². The number of allylic oxidation sites excluding steroid dienone is 1. The van der Waals surface area contributed by atoms with Crippen LogP contribution in [0.5, 0.6) is 0 Å². The molecule has 0 fully saturated rings. The largest absolute Gasteiger partial charge is 0.389 e. The van der Waals surface area contributed by atoms with Crippen molar-refractivity contribution in [3.63, 3.8) is 0 Å². The predicted octanol–water partition coefficient (Wildman–Crippen LogP) is 2.21. The van der Waals surface area contributed by atoms with Crippen LogP contribution >= 0.6 is 0 Å². The molecule has 1 aromatic rings. The van der Waals surface area contributed by atoms with E-state index in [1.165, 1.54) is 18.2 Å². The number of rotatable bonds is 3. The first-order chi connectivity index (χ1) is 6.22. The highest BCUT2D eigenvalue weighted by Gasteiger charge is 1.93. The minimum absolute atomic E-state index is 0.310. The Morgan fingerprint density at radius 1 is 1.31 bits per heavy atom. The zero-order chi connectivity index (χ0) is 9.68. The van der Waals surface area contributed by atoms with Gasteiger partial charge in [0.15, 0.2) is 0 Å². The molecule has 0 bridgehead atoms. The van der Waals surface area contributed by atoms with Gasteiger partial charge in [0.25, 0.3) is 0 Å². The molecule has 1 N–H and O–H groups in total. The molecular formula is C10H10F2O. The Bertz CT molecular complexity index is 290. The predicted molar refractivity (Wildman–Crippen MR) is 46.4 cm³/mol. The summed E-state index contributed by atoms with van der Waals surface area (Å²) in [7, 11) is 0. The van der Waals surface area contributed by atoms with Gasteiger partial charge in [0.2, 0.25) is 0 Å². The van der Waals surface area contributed by atoms with Gasteiger partial charge in [0.05, 0.1) is 6.61 Å². The highest BCUT2D eigenvalue weighted by Crippen LogP contribution is 2.05. The van der Waals surface area contributed by atoms with E-state index in [0.717, 1.165) is 5.56 Å². The standard InChI is InChI=1S/C10H10F2O/c11-9-4-1-8(2-5-9)3-6-10(12)7-13/h1-2,4-6,13H,3,7H2/b10-6+. The summed E-state index contributed by atoms with van der Waals surface area (Å²) in [6.45, 7) is -0.582. The van der Waals surface area contributed by atoms with Crippen molar-refractivity contribution >= 4 is 0 Å². The number of benzene rings is 1. The summed E-state index contributed by atoms with van der Waals surface area (Å²) in [6, 6.07) is 5.80. The van der Waals surface area contributed by atoms with E-state index in [-0.39, 0.29) is 5.82 Å². The van der Waals surface area contributed by atoms with Gasteiger partial charge in [-0.3, -0.25) is 0 Å². The molecule has 0 radical (unpaired) electrons. The van der Waals surface area contributed by atoms with Crippen LogP contribution in [0.1, 0.15) is 5.56 Å². The second-order valence-corrected chi connectivity index (χ2v) is 2.64. The van der Waals surface area contributed by atoms with Crippen molar-refractivity contribution in [3.8, 4) is 0 Å². The maximum Gasteiger partial charge on any atom is 0.123 e. The first-order valence-corrected chi connectivity index (χ1v) is 3.92. The third kappa shape index (κ3) is 3.34. The molecule has 3 heteroatoms. The lowest BCUT2D eigenvalue weighted by molar-refractivity contribution is 0.297. The Hall–Kier alpha value is -1.22. The molecule has 0 atom stereocenters. The van der Waals surface area contributed by atoms with E-state index in [4.69, 9.17) is 5.11 Å². The lowest BCUT2D eigenvalue weighted by Gasteiger charge is -1.95. The molecule has 0 aliphatic rings. The molecule has 0 saturated carbocycles. The third-order valence-electron chi connectivity index (χ3n) is 1.62. The van der Waals surface area contributed by atoms with Gasteiger partial charge >= 0.3 is 0 Å². The molecule has 0 spiro atoms. The summed E-state index contributed by atoms with van der Waals surface area (Å²) in [5.41, 5.74) is 0.810. The van der Waals surface area contributed by atoms with E-state index in [1.54, 1.807) is 12.1 Å². The van der Waals surface area contributed by atoms with Gasteiger partial charge < -0.3 is 5.11 Å². The molecule has 13 heavy (non-hydrogen) atoms. The van der Waals surface area contributed by atoms with Crippen molar-refractivity contribution in [1.29, 1.82) is 0 Å². The monoisotopic (exact) mass is 184 g/mol. The number of halogens is 2. The Balaban J connectivity index is 2.60. The average Bonchev–Trinajstić information content (AvgIpc) is 2.16. The summed E-state index contributed by atoms with van der Waals surface area (Å²) >= 11 is 0. The number of hydrogen-bond acceptors (Lipinski definition) is 1. The highest BCUT2D eigenvalue weighted by atomic mass is 19.1. The molecule has 0 aliphatic carbocycles. The zero-order valence-electron chi connectivity index (χ0n) is 7.00. The second-order valence-electron chi connectivity index (χ2n) is 2.64. The number of aliphatic hydroxyl groups is 1. The van der Waals surface area contributed by atoms with Crippen LogP contribution in [-0.2, 0) is 6.42 Å². The van der Waals surface area contributed by atoms with Crippen molar-refractivity contribution in [1.82, 2.24) is 0 Å². The van der Waals surface area contributed by atoms with E-state index in [2.05, 4.69) is 0 Å². The fourth-order valence-corrected chi connectivity index (χ4v) is 0.914. The topological polar surface area (TPSA) is 20.2 Å². The molecule has 0 unspecified atom stereocenters. The maximum atomic E-state index is 12.4. The number of hydrogen-bond donors (Lipinski definition) is 1. The Labute approximate surface area is 75.3 Å². The Kier molecular flexibility index (Phi) is 3.58. The first-order valence-electron chi connectivity index (χ1n) is 3.92. The van der Waals surface area contributed by atoms with Crippen molar-refractivity contribution in [3.05, 3.63) is 47.5 Å². The van der Waals surface area contributed by atoms with E-state index < -0.39 is 12.4 Å². The molecule has 0 heterocycles. The normalized spacial score (nSPS) is 11.8. The smallest absolute Gasteiger partial charge is 0.123 e. The average molecular weight is 184 g/mol. The van der Waals surface area contributed by atoms with Crippen LogP contribution in [0.2, 0.25) is 0 Å². The molecular weight excluding hydrogens is 174 g/mol. The van der Waals surface area contributed by atoms with Gasteiger partial charge in [-0.2, -0.15) is 0 Å². The zero-order valence-corrected chi connectivity index (χ0v) is 7.00. The van der Waals surface area contributed by atoms with E-state index >= 15 is 0 Å². The summed E-state index contributed by atoms with van der Waals surface area (Å²) in [4.78, 5) is 0. The summed E-state index contributed by atoms with van der Waals surface area (Å²) in [5, 5.41) is 8.35. The van der Waals surface area contributed by atoms with E-state index in [0.29, 0.717) is 6.42 Å². The van der Waals surface area contributed by atoms with Gasteiger partial charge in [-0.25, -0.2) is 8.78 Å². The second kappa shape index (κ2) is 4.72. The van der Waals surface area contributed by atoms with Crippen LogP contribution in [0.4, 0.5) is 8.78 Å². The SMILES string of the molecule is OC/C(F)=C\Cc1ccc(F)cc1. The third-order valence-corrected chi connectivity index (χ3v) is 1.62.